The molecule has 0 amide bonds. The van der Waals surface area contributed by atoms with Crippen LogP contribution in [0.2, 0.25) is 0 Å². The average Bonchev–Trinajstić information content (AvgIpc) is 4.04. The molecule has 2 heterocycles. The maximum absolute atomic E-state index is 2.48. The van der Waals surface area contributed by atoms with Gasteiger partial charge in [0.15, 0.2) is 0 Å². The minimum atomic E-state index is -0.416. The van der Waals surface area contributed by atoms with E-state index in [9.17, 15) is 0 Å². The largest absolute Gasteiger partial charge is 0.310 e. The Balaban J connectivity index is 0.989. The maximum Gasteiger partial charge on any atom is 0.0890 e. The van der Waals surface area contributed by atoms with E-state index in [1.807, 2.05) is 22.7 Å². The molecule has 0 unspecified atom stereocenters. The lowest BCUT2D eigenvalue weighted by Crippen LogP contribution is -2.26. The molecule has 2 aliphatic rings. The molecule has 0 radical (unpaired) electrons. The summed E-state index contributed by atoms with van der Waals surface area (Å²) in [6.45, 7) is 0. The molecule has 2 aliphatic carbocycles. The minimum absolute atomic E-state index is 0.416. The number of benzene rings is 9. The van der Waals surface area contributed by atoms with E-state index in [1.165, 1.54) is 96.3 Å². The molecule has 1 spiro atoms. The van der Waals surface area contributed by atoms with E-state index in [1.54, 1.807) is 0 Å². The van der Waals surface area contributed by atoms with Gasteiger partial charge >= 0.3 is 0 Å². The molecule has 9 aromatic carbocycles. The standard InChI is InChI=1S/C57H35NS2/c1-2-13-36(14-3-1)37-25-29-39(30-26-37)58(40-31-27-38(28-32-40)42-19-12-20-48-54-47-18-7-11-24-53(47)59-56(54)60-55(42)48)41-33-34-46-45-17-6-10-23-51(45)57(52(46)35-41)49-21-8-4-15-43(49)44-16-5-9-22-50(44)57/h1-35H. The Labute approximate surface area is 356 Å². The molecule has 3 heteroatoms. The third-order valence-corrected chi connectivity index (χ3v) is 15.4. The first-order valence-corrected chi connectivity index (χ1v) is 22.2. The molecule has 60 heavy (non-hydrogen) atoms. The van der Waals surface area contributed by atoms with Crippen LogP contribution in [0.3, 0.4) is 0 Å². The van der Waals surface area contributed by atoms with E-state index in [2.05, 4.69) is 217 Å². The fraction of sp³-hybridized carbons (Fsp3) is 0.0175. The minimum Gasteiger partial charge on any atom is -0.310 e. The van der Waals surface area contributed by atoms with Crippen LogP contribution in [0.4, 0.5) is 17.1 Å². The summed E-state index contributed by atoms with van der Waals surface area (Å²) in [6, 6.07) is 78.9. The molecule has 0 N–H and O–H groups in total. The van der Waals surface area contributed by atoms with Crippen LogP contribution >= 0.6 is 22.7 Å². The van der Waals surface area contributed by atoms with Gasteiger partial charge in [-0.25, -0.2) is 0 Å². The van der Waals surface area contributed by atoms with Gasteiger partial charge < -0.3 is 4.90 Å². The first-order chi connectivity index (χ1) is 29.8. The third kappa shape index (κ3) is 4.73. The van der Waals surface area contributed by atoms with Gasteiger partial charge in [0.1, 0.15) is 0 Å². The van der Waals surface area contributed by atoms with E-state index < -0.39 is 5.41 Å². The number of thiophene rings is 2. The van der Waals surface area contributed by atoms with Gasteiger partial charge in [-0.05, 0) is 109 Å². The molecular weight excluding hydrogens is 763 g/mol. The van der Waals surface area contributed by atoms with Crippen LogP contribution in [0.1, 0.15) is 22.3 Å². The highest BCUT2D eigenvalue weighted by molar-refractivity contribution is 7.44. The van der Waals surface area contributed by atoms with E-state index in [4.69, 9.17) is 0 Å². The van der Waals surface area contributed by atoms with Crippen molar-refractivity contribution in [3.63, 3.8) is 0 Å². The molecule has 2 aromatic heterocycles. The lowest BCUT2D eigenvalue weighted by Gasteiger charge is -2.32. The van der Waals surface area contributed by atoms with Crippen LogP contribution in [0.5, 0.6) is 0 Å². The summed E-state index contributed by atoms with van der Waals surface area (Å²) in [4.78, 5) is 2.44. The van der Waals surface area contributed by atoms with Gasteiger partial charge in [0.25, 0.3) is 0 Å². The van der Waals surface area contributed by atoms with E-state index in [0.717, 1.165) is 17.1 Å². The topological polar surface area (TPSA) is 3.24 Å². The first kappa shape index (κ1) is 33.9. The zero-order chi connectivity index (χ0) is 39.4. The van der Waals surface area contributed by atoms with E-state index in [-0.39, 0.29) is 0 Å². The van der Waals surface area contributed by atoms with Gasteiger partial charge in [-0.2, -0.15) is 0 Å². The van der Waals surface area contributed by atoms with Gasteiger partial charge in [0, 0.05) is 42.6 Å². The van der Waals surface area contributed by atoms with Crippen LogP contribution < -0.4 is 4.90 Å². The average molecular weight is 798 g/mol. The van der Waals surface area contributed by atoms with Gasteiger partial charge in [0.2, 0.25) is 0 Å². The van der Waals surface area contributed by atoms with Crippen molar-refractivity contribution in [1.29, 1.82) is 0 Å². The molecule has 0 fully saturated rings. The Bertz CT molecular complexity index is 3420. The fourth-order valence-electron chi connectivity index (χ4n) is 10.4. The molecule has 0 atom stereocenters. The second kappa shape index (κ2) is 13.0. The highest BCUT2D eigenvalue weighted by Crippen LogP contribution is 2.63. The summed E-state index contributed by atoms with van der Waals surface area (Å²) in [5.74, 6) is 0. The number of nitrogens with zero attached hydrogens (tertiary/aromatic N) is 1. The summed E-state index contributed by atoms with van der Waals surface area (Å²) < 4.78 is 4.10. The summed E-state index contributed by atoms with van der Waals surface area (Å²) in [6.07, 6.45) is 0. The van der Waals surface area contributed by atoms with Crippen molar-refractivity contribution in [3.05, 3.63) is 235 Å². The van der Waals surface area contributed by atoms with Crippen molar-refractivity contribution < 1.29 is 0 Å². The second-order valence-corrected chi connectivity index (χ2v) is 18.3. The van der Waals surface area contributed by atoms with Gasteiger partial charge in [-0.3, -0.25) is 0 Å². The molecule has 0 saturated carbocycles. The monoisotopic (exact) mass is 797 g/mol. The van der Waals surface area contributed by atoms with Gasteiger partial charge in [-0.1, -0.05) is 170 Å². The van der Waals surface area contributed by atoms with Crippen LogP contribution in [0.15, 0.2) is 212 Å². The van der Waals surface area contributed by atoms with E-state index in [0.29, 0.717) is 0 Å². The highest BCUT2D eigenvalue weighted by atomic mass is 32.2. The molecule has 0 bridgehead atoms. The number of fused-ring (bicyclic) bond motifs is 15. The van der Waals surface area contributed by atoms with Gasteiger partial charge in [0.05, 0.1) is 9.43 Å². The summed E-state index contributed by atoms with van der Waals surface area (Å²) in [5.41, 5.74) is 18.5. The Morgan fingerprint density at radius 2 is 0.833 bits per heavy atom. The molecule has 1 nitrogen and oxygen atoms in total. The van der Waals surface area contributed by atoms with E-state index >= 15 is 0 Å². The van der Waals surface area contributed by atoms with Crippen LogP contribution in [-0.4, -0.2) is 0 Å². The van der Waals surface area contributed by atoms with Crippen molar-refractivity contribution >= 4 is 69.3 Å². The Morgan fingerprint density at radius 3 is 1.50 bits per heavy atom. The Kier molecular flexibility index (Phi) is 7.33. The normalized spacial score (nSPS) is 13.1. The summed E-state index contributed by atoms with van der Waals surface area (Å²) >= 11 is 3.83. The van der Waals surface area contributed by atoms with Crippen LogP contribution in [-0.2, 0) is 5.41 Å². The number of hydrogen-bond acceptors (Lipinski definition) is 3. The molecule has 13 rings (SSSR count). The van der Waals surface area contributed by atoms with Crippen molar-refractivity contribution in [2.75, 3.05) is 4.90 Å². The fourth-order valence-corrected chi connectivity index (χ4v) is 13.1. The van der Waals surface area contributed by atoms with Crippen LogP contribution in [0, 0.1) is 0 Å². The Morgan fingerprint density at radius 1 is 0.333 bits per heavy atom. The quantitative estimate of drug-likeness (QED) is 0.168. The summed E-state index contributed by atoms with van der Waals surface area (Å²) in [5, 5.41) is 4.09. The zero-order valence-electron chi connectivity index (χ0n) is 32.5. The third-order valence-electron chi connectivity index (χ3n) is 13.0. The zero-order valence-corrected chi connectivity index (χ0v) is 34.1. The first-order valence-electron chi connectivity index (χ1n) is 20.6. The predicted octanol–water partition coefficient (Wildman–Crippen LogP) is 16.4. The van der Waals surface area contributed by atoms with Crippen molar-refractivity contribution in [1.82, 2.24) is 0 Å². The van der Waals surface area contributed by atoms with Crippen LogP contribution in [0.25, 0.3) is 74.1 Å². The molecular formula is C57H35NS2. The van der Waals surface area contributed by atoms with Crippen molar-refractivity contribution in [2.24, 2.45) is 0 Å². The lowest BCUT2D eigenvalue weighted by molar-refractivity contribution is 0.793. The maximum atomic E-state index is 2.48. The predicted molar refractivity (Wildman–Crippen MR) is 257 cm³/mol. The SMILES string of the molecule is c1ccc(-c2ccc(N(c3ccc(-c4cccc5c4sc4sc6ccccc6c45)cc3)c3ccc4c(c3)C3(c5ccccc5-c5ccccc53)c3ccccc3-4)cc2)cc1. The Hall–Kier alpha value is -7.04. The molecule has 11 aromatic rings. The molecule has 0 saturated heterocycles. The van der Waals surface area contributed by atoms with Gasteiger partial charge in [-0.15, -0.1) is 22.7 Å². The van der Waals surface area contributed by atoms with Crippen molar-refractivity contribution in [3.8, 4) is 44.5 Å². The smallest absolute Gasteiger partial charge is 0.0890 e. The number of rotatable bonds is 5. The molecule has 280 valence electrons. The lowest BCUT2D eigenvalue weighted by atomic mass is 9.70. The number of anilines is 3. The highest BCUT2D eigenvalue weighted by Gasteiger charge is 2.51. The summed E-state index contributed by atoms with van der Waals surface area (Å²) in [7, 11) is 0. The second-order valence-electron chi connectivity index (χ2n) is 16.0. The molecule has 0 aliphatic heterocycles. The van der Waals surface area contributed by atoms with Crippen molar-refractivity contribution in [2.45, 2.75) is 5.41 Å². The number of hydrogen-bond donors (Lipinski definition) is 0.